The first kappa shape index (κ1) is 13.8. The molecule has 0 rings (SSSR count). The van der Waals surface area contributed by atoms with Crippen molar-refractivity contribution in [2.75, 3.05) is 26.8 Å². The Balaban J connectivity index is 4.12. The third kappa shape index (κ3) is 5.52. The number of ether oxygens (including phenoxy) is 1. The van der Waals surface area contributed by atoms with Crippen molar-refractivity contribution in [3.8, 4) is 0 Å². The van der Waals surface area contributed by atoms with Crippen LogP contribution >= 0.6 is 12.2 Å². The van der Waals surface area contributed by atoms with Crippen LogP contribution in [-0.4, -0.2) is 42.7 Å². The summed E-state index contributed by atoms with van der Waals surface area (Å²) in [5.41, 5.74) is 5.56. The number of methoxy groups -OCH3 is 1. The lowest BCUT2D eigenvalue weighted by Crippen LogP contribution is -2.42. The zero-order valence-electron chi connectivity index (χ0n) is 9.45. The molecule has 0 unspecified atom stereocenters. The molecule has 0 aliphatic carbocycles. The van der Waals surface area contributed by atoms with Crippen molar-refractivity contribution in [2.45, 2.75) is 32.7 Å². The number of nitrogens with zero attached hydrogens (tertiary/aromatic N) is 1. The van der Waals surface area contributed by atoms with Gasteiger partial charge in [0, 0.05) is 26.2 Å². The molecule has 0 atom stereocenters. The molecular weight excluding hydrogens is 196 g/mol. The van der Waals surface area contributed by atoms with E-state index >= 15 is 0 Å². The molecule has 0 amide bonds. The lowest BCUT2D eigenvalue weighted by Gasteiger charge is -2.29. The molecule has 2 N–H and O–H groups in total. The molecule has 0 aromatic rings. The van der Waals surface area contributed by atoms with Gasteiger partial charge >= 0.3 is 0 Å². The normalized spacial score (nSPS) is 11.2. The molecule has 0 aromatic heterocycles. The first-order valence-electron chi connectivity index (χ1n) is 5.16. The summed E-state index contributed by atoms with van der Waals surface area (Å²) in [6.45, 7) is 6.71. The third-order valence-electron chi connectivity index (χ3n) is 2.40. The SMILES string of the molecule is CCC(CC)N(CCOC)CC(N)=S. The van der Waals surface area contributed by atoms with Crippen molar-refractivity contribution >= 4 is 17.2 Å². The summed E-state index contributed by atoms with van der Waals surface area (Å²) in [6.07, 6.45) is 2.26. The van der Waals surface area contributed by atoms with Crippen LogP contribution < -0.4 is 5.73 Å². The summed E-state index contributed by atoms with van der Waals surface area (Å²) < 4.78 is 5.07. The highest BCUT2D eigenvalue weighted by Gasteiger charge is 2.14. The monoisotopic (exact) mass is 218 g/mol. The van der Waals surface area contributed by atoms with Gasteiger partial charge in [-0.1, -0.05) is 26.1 Å². The maximum Gasteiger partial charge on any atom is 0.0870 e. The number of rotatable bonds is 8. The van der Waals surface area contributed by atoms with Gasteiger partial charge in [0.15, 0.2) is 0 Å². The summed E-state index contributed by atoms with van der Waals surface area (Å²) in [7, 11) is 1.71. The fourth-order valence-corrected chi connectivity index (χ4v) is 1.77. The molecule has 0 spiro atoms. The molecule has 0 aromatic carbocycles. The standard InChI is InChI=1S/C10H22N2OS/c1-4-9(5-2)12(6-7-13-3)8-10(11)14/h9H,4-8H2,1-3H3,(H2,11,14). The molecular formula is C10H22N2OS. The predicted molar refractivity (Wildman–Crippen MR) is 64.6 cm³/mol. The largest absolute Gasteiger partial charge is 0.392 e. The lowest BCUT2D eigenvalue weighted by molar-refractivity contribution is 0.128. The van der Waals surface area contributed by atoms with Crippen LogP contribution in [0.15, 0.2) is 0 Å². The fourth-order valence-electron chi connectivity index (χ4n) is 1.60. The minimum atomic E-state index is 0.562. The number of hydrogen-bond acceptors (Lipinski definition) is 3. The highest BCUT2D eigenvalue weighted by molar-refractivity contribution is 7.80. The summed E-state index contributed by atoms with van der Waals surface area (Å²) >= 11 is 4.93. The van der Waals surface area contributed by atoms with Gasteiger partial charge in [-0.15, -0.1) is 0 Å². The Morgan fingerprint density at radius 2 is 2.00 bits per heavy atom. The average molecular weight is 218 g/mol. The molecule has 0 heterocycles. The Kier molecular flexibility index (Phi) is 8.04. The predicted octanol–water partition coefficient (Wildman–Crippen LogP) is 1.41. The van der Waals surface area contributed by atoms with Crippen LogP contribution in [0.1, 0.15) is 26.7 Å². The van der Waals surface area contributed by atoms with E-state index in [9.17, 15) is 0 Å². The van der Waals surface area contributed by atoms with Gasteiger partial charge in [-0.25, -0.2) is 0 Å². The van der Waals surface area contributed by atoms with E-state index < -0.39 is 0 Å². The van der Waals surface area contributed by atoms with E-state index in [-0.39, 0.29) is 0 Å². The lowest BCUT2D eigenvalue weighted by atomic mass is 10.1. The van der Waals surface area contributed by atoms with Crippen LogP contribution in [0.4, 0.5) is 0 Å². The van der Waals surface area contributed by atoms with Gasteiger partial charge in [0.2, 0.25) is 0 Å². The molecule has 0 fully saturated rings. The molecule has 3 nitrogen and oxygen atoms in total. The fraction of sp³-hybridized carbons (Fsp3) is 0.900. The Hall–Kier alpha value is -0.190. The Bertz CT molecular complexity index is 160. The van der Waals surface area contributed by atoms with E-state index in [1.165, 1.54) is 0 Å². The van der Waals surface area contributed by atoms with Crippen molar-refractivity contribution in [3.63, 3.8) is 0 Å². The van der Waals surface area contributed by atoms with E-state index in [0.29, 0.717) is 17.6 Å². The molecule has 0 aliphatic heterocycles. The van der Waals surface area contributed by atoms with Gasteiger partial charge in [0.05, 0.1) is 11.6 Å². The van der Waals surface area contributed by atoms with Gasteiger partial charge in [0.1, 0.15) is 0 Å². The average Bonchev–Trinajstić information content (AvgIpc) is 2.15. The van der Waals surface area contributed by atoms with E-state index in [1.807, 2.05) is 0 Å². The van der Waals surface area contributed by atoms with Crippen LogP contribution in [0.5, 0.6) is 0 Å². The van der Waals surface area contributed by atoms with Crippen molar-refractivity contribution in [2.24, 2.45) is 5.73 Å². The summed E-state index contributed by atoms with van der Waals surface area (Å²) in [6, 6.07) is 0.562. The van der Waals surface area contributed by atoms with Gasteiger partial charge in [-0.3, -0.25) is 4.90 Å². The zero-order chi connectivity index (χ0) is 11.0. The topological polar surface area (TPSA) is 38.5 Å². The highest BCUT2D eigenvalue weighted by atomic mass is 32.1. The van der Waals surface area contributed by atoms with Crippen LogP contribution in [0, 0.1) is 0 Å². The number of hydrogen-bond donors (Lipinski definition) is 1. The number of nitrogens with two attached hydrogens (primary N) is 1. The van der Waals surface area contributed by atoms with Gasteiger partial charge < -0.3 is 10.5 Å². The number of thiocarbonyl (C=S) groups is 1. The minimum Gasteiger partial charge on any atom is -0.392 e. The molecule has 0 saturated heterocycles. The second-order valence-electron chi connectivity index (χ2n) is 3.40. The van der Waals surface area contributed by atoms with Crippen LogP contribution in [0.25, 0.3) is 0 Å². The van der Waals surface area contributed by atoms with E-state index in [2.05, 4.69) is 18.7 Å². The Morgan fingerprint density at radius 1 is 1.43 bits per heavy atom. The quantitative estimate of drug-likeness (QED) is 0.625. The van der Waals surface area contributed by atoms with Crippen molar-refractivity contribution in [1.82, 2.24) is 4.90 Å². The van der Waals surface area contributed by atoms with Crippen LogP contribution in [0.2, 0.25) is 0 Å². The molecule has 4 heteroatoms. The Morgan fingerprint density at radius 3 is 2.36 bits per heavy atom. The minimum absolute atomic E-state index is 0.562. The van der Waals surface area contributed by atoms with Crippen molar-refractivity contribution in [3.05, 3.63) is 0 Å². The van der Waals surface area contributed by atoms with E-state index in [4.69, 9.17) is 22.7 Å². The molecule has 0 bridgehead atoms. The first-order chi connectivity index (χ1) is 6.65. The molecule has 14 heavy (non-hydrogen) atoms. The second kappa shape index (κ2) is 8.15. The summed E-state index contributed by atoms with van der Waals surface area (Å²) in [5, 5.41) is 0. The van der Waals surface area contributed by atoms with Gasteiger partial charge in [0.25, 0.3) is 0 Å². The Labute approximate surface area is 92.6 Å². The third-order valence-corrected chi connectivity index (χ3v) is 2.53. The maximum absolute atomic E-state index is 5.56. The first-order valence-corrected chi connectivity index (χ1v) is 5.57. The second-order valence-corrected chi connectivity index (χ2v) is 3.92. The van der Waals surface area contributed by atoms with Crippen LogP contribution in [-0.2, 0) is 4.74 Å². The summed E-state index contributed by atoms with van der Waals surface area (Å²) in [5.74, 6) is 0. The molecule has 0 radical (unpaired) electrons. The van der Waals surface area contributed by atoms with Crippen LogP contribution in [0.3, 0.4) is 0 Å². The zero-order valence-corrected chi connectivity index (χ0v) is 10.3. The molecule has 0 saturated carbocycles. The smallest absolute Gasteiger partial charge is 0.0870 e. The van der Waals surface area contributed by atoms with Crippen molar-refractivity contribution < 1.29 is 4.74 Å². The maximum atomic E-state index is 5.56. The van der Waals surface area contributed by atoms with Crippen molar-refractivity contribution in [1.29, 1.82) is 0 Å². The van der Waals surface area contributed by atoms with Gasteiger partial charge in [-0.2, -0.15) is 0 Å². The summed E-state index contributed by atoms with van der Waals surface area (Å²) in [4.78, 5) is 2.86. The van der Waals surface area contributed by atoms with E-state index in [0.717, 1.165) is 26.0 Å². The van der Waals surface area contributed by atoms with Gasteiger partial charge in [-0.05, 0) is 12.8 Å². The highest BCUT2D eigenvalue weighted by Crippen LogP contribution is 2.07. The molecule has 0 aliphatic rings. The molecule has 84 valence electrons. The van der Waals surface area contributed by atoms with E-state index in [1.54, 1.807) is 7.11 Å².